The molecule has 0 spiro atoms. The van der Waals surface area contributed by atoms with E-state index in [9.17, 15) is 9.18 Å². The molecule has 1 aliphatic heterocycles. The number of aromatic nitrogens is 1. The van der Waals surface area contributed by atoms with Gasteiger partial charge in [-0.2, -0.15) is 0 Å². The Kier molecular flexibility index (Phi) is 4.28. The molecule has 1 aromatic carbocycles. The first kappa shape index (κ1) is 16.6. The lowest BCUT2D eigenvalue weighted by Crippen LogP contribution is -2.46. The number of nitrogens with zero attached hydrogens (tertiary/aromatic N) is 3. The molecule has 0 bridgehead atoms. The molecule has 2 fully saturated rings. The lowest BCUT2D eigenvalue weighted by atomic mass is 10.1. The first-order chi connectivity index (χ1) is 12.1. The fourth-order valence-electron chi connectivity index (χ4n) is 3.87. The highest BCUT2D eigenvalue weighted by Crippen LogP contribution is 2.38. The Morgan fingerprint density at radius 3 is 2.44 bits per heavy atom. The molecule has 0 N–H and O–H groups in total. The SMILES string of the molecule is CCc1cn(C2CC2)c2cc(N3CCN(CC)CC3)c(F)cc2c1=O. The van der Waals surface area contributed by atoms with Crippen molar-refractivity contribution >= 4 is 16.6 Å². The number of fused-ring (bicyclic) bond motifs is 1. The Morgan fingerprint density at radius 2 is 1.84 bits per heavy atom. The summed E-state index contributed by atoms with van der Waals surface area (Å²) in [6.07, 6.45) is 4.97. The van der Waals surface area contributed by atoms with Gasteiger partial charge >= 0.3 is 0 Å². The number of aryl methyl sites for hydroxylation is 1. The fraction of sp³-hybridized carbons (Fsp3) is 0.550. The maximum Gasteiger partial charge on any atom is 0.192 e. The van der Waals surface area contributed by atoms with Crippen molar-refractivity contribution in [3.8, 4) is 0 Å². The third-order valence-electron chi connectivity index (χ3n) is 5.66. The van der Waals surface area contributed by atoms with Crippen LogP contribution in [0.1, 0.15) is 38.3 Å². The molecule has 2 heterocycles. The monoisotopic (exact) mass is 343 g/mol. The van der Waals surface area contributed by atoms with Crippen LogP contribution in [0.3, 0.4) is 0 Å². The summed E-state index contributed by atoms with van der Waals surface area (Å²) in [6.45, 7) is 8.75. The lowest BCUT2D eigenvalue weighted by Gasteiger charge is -2.35. The topological polar surface area (TPSA) is 28.5 Å². The molecule has 1 saturated carbocycles. The van der Waals surface area contributed by atoms with E-state index in [0.29, 0.717) is 23.5 Å². The van der Waals surface area contributed by atoms with Crippen LogP contribution in [0.2, 0.25) is 0 Å². The summed E-state index contributed by atoms with van der Waals surface area (Å²) in [5.41, 5.74) is 2.29. The third kappa shape index (κ3) is 2.95. The van der Waals surface area contributed by atoms with E-state index in [2.05, 4.69) is 21.3 Å². The van der Waals surface area contributed by atoms with Gasteiger partial charge in [0.05, 0.1) is 11.2 Å². The van der Waals surface area contributed by atoms with Crippen LogP contribution in [-0.2, 0) is 6.42 Å². The summed E-state index contributed by atoms with van der Waals surface area (Å²) in [7, 11) is 0. The molecule has 4 rings (SSSR count). The molecule has 134 valence electrons. The largest absolute Gasteiger partial charge is 0.367 e. The molecule has 1 aliphatic carbocycles. The average Bonchev–Trinajstić information content (AvgIpc) is 3.47. The van der Waals surface area contributed by atoms with Crippen molar-refractivity contribution < 1.29 is 4.39 Å². The Balaban J connectivity index is 1.81. The van der Waals surface area contributed by atoms with Crippen molar-refractivity contribution in [2.45, 2.75) is 39.2 Å². The molecule has 1 aromatic heterocycles. The van der Waals surface area contributed by atoms with Gasteiger partial charge in [-0.3, -0.25) is 4.79 Å². The number of hydrogen-bond donors (Lipinski definition) is 0. The molecule has 0 unspecified atom stereocenters. The van der Waals surface area contributed by atoms with Gasteiger partial charge in [-0.25, -0.2) is 4.39 Å². The number of rotatable bonds is 4. The second kappa shape index (κ2) is 6.45. The Labute approximate surface area is 147 Å². The van der Waals surface area contributed by atoms with Crippen molar-refractivity contribution in [3.63, 3.8) is 0 Å². The Morgan fingerprint density at radius 1 is 1.12 bits per heavy atom. The van der Waals surface area contributed by atoms with E-state index in [4.69, 9.17) is 0 Å². The van der Waals surface area contributed by atoms with Gasteiger partial charge in [0.1, 0.15) is 5.82 Å². The number of benzene rings is 1. The summed E-state index contributed by atoms with van der Waals surface area (Å²) >= 11 is 0. The maximum atomic E-state index is 14.8. The second-order valence-electron chi connectivity index (χ2n) is 7.22. The Hall–Kier alpha value is -1.88. The van der Waals surface area contributed by atoms with Crippen LogP contribution < -0.4 is 10.3 Å². The zero-order valence-electron chi connectivity index (χ0n) is 15.1. The number of hydrogen-bond acceptors (Lipinski definition) is 3. The van der Waals surface area contributed by atoms with Gasteiger partial charge in [0.2, 0.25) is 0 Å². The van der Waals surface area contributed by atoms with Crippen LogP contribution in [0.4, 0.5) is 10.1 Å². The molecule has 0 radical (unpaired) electrons. The van der Waals surface area contributed by atoms with Crippen molar-refractivity contribution in [3.05, 3.63) is 39.9 Å². The predicted molar refractivity (Wildman–Crippen MR) is 100 cm³/mol. The van der Waals surface area contributed by atoms with E-state index in [1.165, 1.54) is 6.07 Å². The molecule has 2 aromatic rings. The van der Waals surface area contributed by atoms with Crippen LogP contribution in [0, 0.1) is 5.82 Å². The van der Waals surface area contributed by atoms with Crippen LogP contribution in [0.15, 0.2) is 23.1 Å². The quantitative estimate of drug-likeness (QED) is 0.854. The van der Waals surface area contributed by atoms with Crippen LogP contribution in [-0.4, -0.2) is 42.2 Å². The van der Waals surface area contributed by atoms with E-state index in [1.54, 1.807) is 0 Å². The summed E-state index contributed by atoms with van der Waals surface area (Å²) in [6, 6.07) is 3.84. The van der Waals surface area contributed by atoms with Gasteiger partial charge < -0.3 is 14.4 Å². The fourth-order valence-corrected chi connectivity index (χ4v) is 3.87. The number of piperazine rings is 1. The van der Waals surface area contributed by atoms with Gasteiger partial charge in [0.15, 0.2) is 5.43 Å². The third-order valence-corrected chi connectivity index (χ3v) is 5.66. The minimum Gasteiger partial charge on any atom is -0.367 e. The molecule has 1 saturated heterocycles. The minimum absolute atomic E-state index is 0.0179. The molecule has 4 nitrogen and oxygen atoms in total. The summed E-state index contributed by atoms with van der Waals surface area (Å²) in [5.74, 6) is -0.273. The molecule has 0 amide bonds. The number of likely N-dealkylation sites (N-methyl/N-ethyl adjacent to an activating group) is 1. The highest BCUT2D eigenvalue weighted by atomic mass is 19.1. The first-order valence-corrected chi connectivity index (χ1v) is 9.47. The standard InChI is InChI=1S/C20H26FN3O/c1-3-14-13-24(15-5-6-15)18-12-19(17(21)11-16(18)20(14)25)23-9-7-22(4-2)8-10-23/h11-13,15H,3-10H2,1-2H3. The van der Waals surface area contributed by atoms with E-state index in [-0.39, 0.29) is 11.2 Å². The van der Waals surface area contributed by atoms with Crippen LogP contribution in [0.5, 0.6) is 0 Å². The number of pyridine rings is 1. The zero-order chi connectivity index (χ0) is 17.6. The molecule has 2 aliphatic rings. The zero-order valence-corrected chi connectivity index (χ0v) is 15.1. The van der Waals surface area contributed by atoms with Gasteiger partial charge in [0.25, 0.3) is 0 Å². The van der Waals surface area contributed by atoms with Crippen molar-refractivity contribution in [2.24, 2.45) is 0 Å². The molecule has 5 heteroatoms. The number of halogens is 1. The van der Waals surface area contributed by atoms with Gasteiger partial charge in [-0.15, -0.1) is 0 Å². The van der Waals surface area contributed by atoms with E-state index < -0.39 is 0 Å². The maximum absolute atomic E-state index is 14.8. The number of anilines is 1. The highest BCUT2D eigenvalue weighted by Gasteiger charge is 2.27. The summed E-state index contributed by atoms with van der Waals surface area (Å²) < 4.78 is 17.1. The second-order valence-corrected chi connectivity index (χ2v) is 7.22. The van der Waals surface area contributed by atoms with Gasteiger partial charge in [-0.05, 0) is 37.9 Å². The normalized spacial score (nSPS) is 18.9. The first-order valence-electron chi connectivity index (χ1n) is 9.47. The van der Waals surface area contributed by atoms with Crippen molar-refractivity contribution in [1.29, 1.82) is 0 Å². The summed E-state index contributed by atoms with van der Waals surface area (Å²) in [4.78, 5) is 17.2. The smallest absolute Gasteiger partial charge is 0.192 e. The molecule has 0 atom stereocenters. The van der Waals surface area contributed by atoms with E-state index in [0.717, 1.165) is 56.6 Å². The predicted octanol–water partition coefficient (Wildman–Crippen LogP) is 3.18. The average molecular weight is 343 g/mol. The van der Waals surface area contributed by atoms with Crippen LogP contribution >= 0.6 is 0 Å². The van der Waals surface area contributed by atoms with Gasteiger partial charge in [0, 0.05) is 49.4 Å². The summed E-state index contributed by atoms with van der Waals surface area (Å²) in [5, 5.41) is 0.527. The van der Waals surface area contributed by atoms with Crippen LogP contribution in [0.25, 0.3) is 10.9 Å². The Bertz CT molecular complexity index is 848. The van der Waals surface area contributed by atoms with Crippen molar-refractivity contribution in [2.75, 3.05) is 37.6 Å². The lowest BCUT2D eigenvalue weighted by molar-refractivity contribution is 0.270. The van der Waals surface area contributed by atoms with E-state index in [1.807, 2.05) is 19.2 Å². The highest BCUT2D eigenvalue weighted by molar-refractivity contribution is 5.84. The minimum atomic E-state index is -0.273. The van der Waals surface area contributed by atoms with Gasteiger partial charge in [-0.1, -0.05) is 13.8 Å². The van der Waals surface area contributed by atoms with Crippen molar-refractivity contribution in [1.82, 2.24) is 9.47 Å². The van der Waals surface area contributed by atoms with E-state index >= 15 is 0 Å². The molecule has 25 heavy (non-hydrogen) atoms. The molecular formula is C20H26FN3O. The molecular weight excluding hydrogens is 317 g/mol.